The molecular formula is C17H28O6S. The van der Waals surface area contributed by atoms with E-state index in [-0.39, 0.29) is 35.2 Å². The van der Waals surface area contributed by atoms with E-state index in [1.807, 2.05) is 13.8 Å². The fourth-order valence-corrected chi connectivity index (χ4v) is 6.19. The number of rotatable bonds is 3. The lowest BCUT2D eigenvalue weighted by Crippen LogP contribution is -2.67. The first-order chi connectivity index (χ1) is 11.2. The highest BCUT2D eigenvalue weighted by Gasteiger charge is 2.64. The lowest BCUT2D eigenvalue weighted by Gasteiger charge is -2.62. The van der Waals surface area contributed by atoms with E-state index >= 15 is 0 Å². The normalized spacial score (nSPS) is 49.1. The van der Waals surface area contributed by atoms with Crippen molar-refractivity contribution >= 4 is 17.3 Å². The van der Waals surface area contributed by atoms with Gasteiger partial charge in [-0.15, -0.1) is 0 Å². The predicted molar refractivity (Wildman–Crippen MR) is 87.9 cm³/mol. The maximum Gasteiger partial charge on any atom is 0.305 e. The summed E-state index contributed by atoms with van der Waals surface area (Å²) < 4.78 is 28.8. The van der Waals surface area contributed by atoms with Gasteiger partial charge in [0.25, 0.3) is 0 Å². The van der Waals surface area contributed by atoms with E-state index < -0.39 is 23.1 Å². The minimum absolute atomic E-state index is 0.0232. The molecule has 3 fully saturated rings. The molecule has 2 unspecified atom stereocenters. The van der Waals surface area contributed by atoms with Crippen molar-refractivity contribution in [1.82, 2.24) is 0 Å². The van der Waals surface area contributed by atoms with Gasteiger partial charge in [-0.1, -0.05) is 13.8 Å². The zero-order valence-electron chi connectivity index (χ0n) is 14.8. The topological polar surface area (TPSA) is 82.1 Å². The Kier molecular flexibility index (Phi) is 4.83. The Balaban J connectivity index is 1.89. The molecule has 0 spiro atoms. The summed E-state index contributed by atoms with van der Waals surface area (Å²) in [5.74, 6) is -0.0938. The molecule has 1 saturated heterocycles. The standard InChI is InChI=1S/C17H28O6S/c1-10(9-21-11(2)18)12-5-7-16(3)13(19)6-8-17(4)15(16)14(12)22-24(20)23-17/h10,12-15,19H,5-9H2,1-4H3/t10-,12+,13-,14?,15?,16+,17-,24-/m1/s1. The van der Waals surface area contributed by atoms with Gasteiger partial charge in [0.05, 0.1) is 24.4 Å². The molecule has 1 aliphatic heterocycles. The Morgan fingerprint density at radius 3 is 2.75 bits per heavy atom. The van der Waals surface area contributed by atoms with E-state index in [0.717, 1.165) is 12.8 Å². The predicted octanol–water partition coefficient (Wildman–Crippen LogP) is 2.13. The van der Waals surface area contributed by atoms with Gasteiger partial charge in [0.1, 0.15) is 0 Å². The van der Waals surface area contributed by atoms with E-state index in [9.17, 15) is 14.1 Å². The Hall–Kier alpha value is -0.500. The molecule has 24 heavy (non-hydrogen) atoms. The van der Waals surface area contributed by atoms with Crippen molar-refractivity contribution in [3.05, 3.63) is 0 Å². The summed E-state index contributed by atoms with van der Waals surface area (Å²) >= 11 is -1.78. The molecule has 8 atom stereocenters. The molecule has 138 valence electrons. The van der Waals surface area contributed by atoms with Crippen molar-refractivity contribution < 1.29 is 27.2 Å². The second kappa shape index (κ2) is 6.34. The molecule has 0 aromatic rings. The lowest BCUT2D eigenvalue weighted by atomic mass is 9.50. The molecule has 0 bridgehead atoms. The molecular weight excluding hydrogens is 332 g/mol. The molecule has 0 aromatic heterocycles. The number of ether oxygens (including phenoxy) is 1. The van der Waals surface area contributed by atoms with Gasteiger partial charge in [-0.05, 0) is 44.4 Å². The van der Waals surface area contributed by atoms with Crippen molar-refractivity contribution in [2.75, 3.05) is 6.61 Å². The molecule has 0 amide bonds. The van der Waals surface area contributed by atoms with Crippen LogP contribution in [0, 0.1) is 23.2 Å². The Morgan fingerprint density at radius 2 is 2.08 bits per heavy atom. The number of hydrogen-bond acceptors (Lipinski definition) is 6. The van der Waals surface area contributed by atoms with Crippen LogP contribution in [0.25, 0.3) is 0 Å². The van der Waals surface area contributed by atoms with Gasteiger partial charge in [-0.25, -0.2) is 0 Å². The summed E-state index contributed by atoms with van der Waals surface area (Å²) in [4.78, 5) is 11.1. The highest BCUT2D eigenvalue weighted by Crippen LogP contribution is 2.60. The van der Waals surface area contributed by atoms with E-state index in [2.05, 4.69) is 6.92 Å². The Labute approximate surface area is 146 Å². The fourth-order valence-electron chi connectivity index (χ4n) is 5.21. The zero-order chi connectivity index (χ0) is 17.7. The first-order valence-corrected chi connectivity index (χ1v) is 9.77. The van der Waals surface area contributed by atoms with Crippen molar-refractivity contribution in [3.63, 3.8) is 0 Å². The Morgan fingerprint density at radius 1 is 1.38 bits per heavy atom. The van der Waals surface area contributed by atoms with E-state index in [4.69, 9.17) is 13.1 Å². The minimum atomic E-state index is -1.78. The quantitative estimate of drug-likeness (QED) is 0.777. The third-order valence-electron chi connectivity index (χ3n) is 6.54. The molecule has 3 rings (SSSR count). The van der Waals surface area contributed by atoms with Crippen LogP contribution in [0.4, 0.5) is 0 Å². The van der Waals surface area contributed by atoms with Gasteiger partial charge in [-0.2, -0.15) is 4.21 Å². The molecule has 0 aromatic carbocycles. The number of esters is 1. The van der Waals surface area contributed by atoms with Crippen LogP contribution < -0.4 is 0 Å². The summed E-state index contributed by atoms with van der Waals surface area (Å²) in [6.45, 7) is 7.86. The second-order valence-corrected chi connectivity index (χ2v) is 8.95. The van der Waals surface area contributed by atoms with Gasteiger partial charge >= 0.3 is 17.3 Å². The van der Waals surface area contributed by atoms with Crippen LogP contribution in [0.15, 0.2) is 0 Å². The van der Waals surface area contributed by atoms with Gasteiger partial charge in [-0.3, -0.25) is 13.2 Å². The minimum Gasteiger partial charge on any atom is -0.466 e. The van der Waals surface area contributed by atoms with Crippen LogP contribution >= 0.6 is 0 Å². The second-order valence-electron chi connectivity index (χ2n) is 8.18. The number of hydrogen-bond donors (Lipinski definition) is 1. The van der Waals surface area contributed by atoms with Crippen molar-refractivity contribution in [3.8, 4) is 0 Å². The smallest absolute Gasteiger partial charge is 0.305 e. The largest absolute Gasteiger partial charge is 0.466 e. The van der Waals surface area contributed by atoms with Crippen LogP contribution in [0.3, 0.4) is 0 Å². The zero-order valence-corrected chi connectivity index (χ0v) is 15.6. The molecule has 2 saturated carbocycles. The molecule has 3 aliphatic rings. The average molecular weight is 360 g/mol. The number of carbonyl (C=O) groups is 1. The maximum atomic E-state index is 12.2. The molecule has 6 nitrogen and oxygen atoms in total. The van der Waals surface area contributed by atoms with E-state index in [1.165, 1.54) is 6.92 Å². The Bertz CT molecular complexity index is 539. The third kappa shape index (κ3) is 2.93. The third-order valence-corrected chi connectivity index (χ3v) is 7.44. The summed E-state index contributed by atoms with van der Waals surface area (Å²) in [5.41, 5.74) is -0.860. The molecule has 2 aliphatic carbocycles. The fraction of sp³-hybridized carbons (Fsp3) is 0.941. The summed E-state index contributed by atoms with van der Waals surface area (Å²) in [5, 5.41) is 10.6. The molecule has 1 N–H and O–H groups in total. The van der Waals surface area contributed by atoms with Crippen LogP contribution in [0.5, 0.6) is 0 Å². The molecule has 0 radical (unpaired) electrons. The molecule has 7 heteroatoms. The van der Waals surface area contributed by atoms with E-state index in [0.29, 0.717) is 19.4 Å². The van der Waals surface area contributed by atoms with Gasteiger partial charge in [0, 0.05) is 18.3 Å². The van der Waals surface area contributed by atoms with Crippen LogP contribution in [0.2, 0.25) is 0 Å². The van der Waals surface area contributed by atoms with Crippen molar-refractivity contribution in [2.45, 2.75) is 71.2 Å². The number of aliphatic hydroxyl groups excluding tert-OH is 1. The summed E-state index contributed by atoms with van der Waals surface area (Å²) in [6, 6.07) is 0. The first-order valence-electron chi connectivity index (χ1n) is 8.77. The number of carbonyl (C=O) groups excluding carboxylic acids is 1. The summed E-state index contributed by atoms with van der Waals surface area (Å²) in [7, 11) is 0. The van der Waals surface area contributed by atoms with Gasteiger partial charge in [0.2, 0.25) is 0 Å². The monoisotopic (exact) mass is 360 g/mol. The molecule has 1 heterocycles. The van der Waals surface area contributed by atoms with Crippen molar-refractivity contribution in [1.29, 1.82) is 0 Å². The SMILES string of the molecule is CC(=O)OC[C@@H](C)[C@@H]1CC[C@]2(C)C3C1O[S@@](=O)O[C@]3(C)CC[C@H]2O. The van der Waals surface area contributed by atoms with E-state index in [1.54, 1.807) is 0 Å². The average Bonchev–Trinajstić information content (AvgIpc) is 2.48. The van der Waals surface area contributed by atoms with Crippen LogP contribution in [0.1, 0.15) is 53.4 Å². The first kappa shape index (κ1) is 18.3. The summed E-state index contributed by atoms with van der Waals surface area (Å²) in [6.07, 6.45) is 2.38. The van der Waals surface area contributed by atoms with Crippen LogP contribution in [-0.2, 0) is 29.3 Å². The highest BCUT2D eigenvalue weighted by atomic mass is 32.2. The lowest BCUT2D eigenvalue weighted by molar-refractivity contribution is -0.225. The number of aliphatic hydroxyl groups is 1. The van der Waals surface area contributed by atoms with Gasteiger partial charge in [0.15, 0.2) is 0 Å². The van der Waals surface area contributed by atoms with Crippen LogP contribution in [-0.4, -0.2) is 39.7 Å². The maximum absolute atomic E-state index is 12.2. The van der Waals surface area contributed by atoms with Gasteiger partial charge < -0.3 is 9.84 Å². The van der Waals surface area contributed by atoms with Crippen molar-refractivity contribution in [2.24, 2.45) is 23.2 Å². The highest BCUT2D eigenvalue weighted by molar-refractivity contribution is 7.75.